The Labute approximate surface area is 147 Å². The van der Waals surface area contributed by atoms with Gasteiger partial charge in [0.1, 0.15) is 6.20 Å². The number of hydrogen-bond donors (Lipinski definition) is 1. The Hall–Kier alpha value is -2.47. The van der Waals surface area contributed by atoms with E-state index in [0.717, 1.165) is 11.1 Å². The molecule has 0 bridgehead atoms. The molecule has 0 saturated heterocycles. The van der Waals surface area contributed by atoms with Crippen LogP contribution in [0.3, 0.4) is 0 Å². The minimum absolute atomic E-state index is 0. The van der Waals surface area contributed by atoms with Gasteiger partial charge < -0.3 is 17.5 Å². The summed E-state index contributed by atoms with van der Waals surface area (Å²) in [5.74, 6) is 0. The molecule has 1 N–H and O–H groups in total. The van der Waals surface area contributed by atoms with Crippen molar-refractivity contribution in [3.8, 4) is 0 Å². The molecule has 2 aromatic carbocycles. The quantitative estimate of drug-likeness (QED) is 0.592. The van der Waals surface area contributed by atoms with Gasteiger partial charge in [0.05, 0.1) is 18.6 Å². The van der Waals surface area contributed by atoms with E-state index in [2.05, 4.69) is 10.2 Å². The summed E-state index contributed by atoms with van der Waals surface area (Å²) in [4.78, 5) is 0. The molecule has 0 amide bonds. The van der Waals surface area contributed by atoms with Crippen molar-refractivity contribution in [2.24, 2.45) is 10.2 Å². The first kappa shape index (κ1) is 17.9. The molecule has 0 aromatic heterocycles. The van der Waals surface area contributed by atoms with Gasteiger partial charge in [0.15, 0.2) is 0 Å². The van der Waals surface area contributed by atoms with E-state index in [9.17, 15) is 5.11 Å². The number of benzene rings is 2. The maximum absolute atomic E-state index is 9.73. The first-order chi connectivity index (χ1) is 11.3. The predicted octanol–water partition coefficient (Wildman–Crippen LogP) is -0.430. The van der Waals surface area contributed by atoms with Gasteiger partial charge in [0.2, 0.25) is 13.4 Å². The number of rotatable bonds is 5. The minimum Gasteiger partial charge on any atom is -1.00 e. The standard InChI is InChI=1S/C18H19N4O.ClH/c23-16-22(20-14-18-9-5-2-6-10-18)12-11-21(15-22)19-13-17-7-3-1-4-8-17;/h1-14,23H,15-16H2;1H/q+1;/p-1/b19-13+,20-14+;. The summed E-state index contributed by atoms with van der Waals surface area (Å²) >= 11 is 0. The van der Waals surface area contributed by atoms with E-state index in [1.165, 1.54) is 0 Å². The summed E-state index contributed by atoms with van der Waals surface area (Å²) < 4.78 is 0.0843. The molecule has 0 spiro atoms. The van der Waals surface area contributed by atoms with E-state index in [0.29, 0.717) is 6.67 Å². The van der Waals surface area contributed by atoms with Crippen molar-refractivity contribution in [3.63, 3.8) is 0 Å². The average molecular weight is 343 g/mol. The molecule has 124 valence electrons. The van der Waals surface area contributed by atoms with E-state index >= 15 is 0 Å². The van der Waals surface area contributed by atoms with Crippen LogP contribution in [-0.2, 0) is 0 Å². The summed E-state index contributed by atoms with van der Waals surface area (Å²) in [6, 6.07) is 19.7. The van der Waals surface area contributed by atoms with Crippen molar-refractivity contribution in [1.82, 2.24) is 5.01 Å². The van der Waals surface area contributed by atoms with E-state index < -0.39 is 0 Å². The molecule has 24 heavy (non-hydrogen) atoms. The molecule has 1 heterocycles. The molecule has 2 aromatic rings. The van der Waals surface area contributed by atoms with Crippen LogP contribution in [0.1, 0.15) is 11.1 Å². The molecular weight excluding hydrogens is 324 g/mol. The summed E-state index contributed by atoms with van der Waals surface area (Å²) in [6.45, 7) is 0.348. The van der Waals surface area contributed by atoms with Gasteiger partial charge in [0.25, 0.3) is 0 Å². The highest BCUT2D eigenvalue weighted by molar-refractivity contribution is 5.79. The number of quaternary nitrogens is 1. The van der Waals surface area contributed by atoms with Crippen molar-refractivity contribution in [1.29, 1.82) is 0 Å². The lowest BCUT2D eigenvalue weighted by Gasteiger charge is -2.22. The Bertz CT molecular complexity index is 718. The molecule has 0 aliphatic carbocycles. The lowest BCUT2D eigenvalue weighted by atomic mass is 10.2. The highest BCUT2D eigenvalue weighted by Gasteiger charge is 2.31. The summed E-state index contributed by atoms with van der Waals surface area (Å²) in [5, 5.41) is 20.4. The maximum Gasteiger partial charge on any atom is 0.210 e. The smallest absolute Gasteiger partial charge is 0.210 e. The second-order valence-corrected chi connectivity index (χ2v) is 5.32. The van der Waals surface area contributed by atoms with Crippen LogP contribution in [0.5, 0.6) is 0 Å². The fraction of sp³-hybridized carbons (Fsp3) is 0.111. The largest absolute Gasteiger partial charge is 1.00 e. The van der Waals surface area contributed by atoms with Crippen LogP contribution in [0.4, 0.5) is 0 Å². The second kappa shape index (κ2) is 8.40. The number of aliphatic hydroxyl groups is 1. The van der Waals surface area contributed by atoms with Crippen molar-refractivity contribution in [2.45, 2.75) is 0 Å². The van der Waals surface area contributed by atoms with E-state index in [-0.39, 0.29) is 23.7 Å². The van der Waals surface area contributed by atoms with Gasteiger partial charge in [-0.25, -0.2) is 5.01 Å². The Kier molecular flexibility index (Phi) is 6.26. The molecule has 0 fully saturated rings. The molecular formula is C18H19ClN4O. The van der Waals surface area contributed by atoms with Crippen LogP contribution in [0.15, 0.2) is 83.3 Å². The second-order valence-electron chi connectivity index (χ2n) is 5.32. The zero-order valence-corrected chi connectivity index (χ0v) is 13.9. The van der Waals surface area contributed by atoms with Crippen molar-refractivity contribution in [3.05, 3.63) is 84.2 Å². The molecule has 1 unspecified atom stereocenters. The molecule has 0 radical (unpaired) electrons. The zero-order valence-electron chi connectivity index (χ0n) is 13.1. The van der Waals surface area contributed by atoms with Gasteiger partial charge in [-0.05, 0) is 11.1 Å². The van der Waals surface area contributed by atoms with Crippen LogP contribution in [0, 0.1) is 0 Å². The van der Waals surface area contributed by atoms with Gasteiger partial charge in [-0.2, -0.15) is 5.10 Å². The molecule has 1 aliphatic heterocycles. The molecule has 5 nitrogen and oxygen atoms in total. The number of halogens is 1. The highest BCUT2D eigenvalue weighted by Crippen LogP contribution is 2.18. The predicted molar refractivity (Wildman–Crippen MR) is 91.3 cm³/mol. The number of hydrogen-bond acceptors (Lipinski definition) is 4. The van der Waals surface area contributed by atoms with Gasteiger partial charge in [-0.15, -0.1) is 4.59 Å². The van der Waals surface area contributed by atoms with Gasteiger partial charge in [0, 0.05) is 0 Å². The SMILES string of the molecule is OC[N+]1(/N=C/c2ccccc2)C=CN(/N=C/c2ccccc2)C1.[Cl-]. The number of hydrazone groups is 1. The van der Waals surface area contributed by atoms with E-state index in [4.69, 9.17) is 0 Å². The van der Waals surface area contributed by atoms with Crippen LogP contribution in [0.2, 0.25) is 0 Å². The lowest BCUT2D eigenvalue weighted by molar-refractivity contribution is -0.906. The Balaban J connectivity index is 0.00000208. The van der Waals surface area contributed by atoms with Crippen LogP contribution >= 0.6 is 0 Å². The first-order valence-electron chi connectivity index (χ1n) is 7.43. The fourth-order valence-electron chi connectivity index (χ4n) is 2.23. The zero-order chi connectivity index (χ0) is 16.0. The fourth-order valence-corrected chi connectivity index (χ4v) is 2.23. The topological polar surface area (TPSA) is 48.2 Å². The van der Waals surface area contributed by atoms with Crippen LogP contribution in [0.25, 0.3) is 0 Å². The third-order valence-corrected chi connectivity index (χ3v) is 3.54. The molecule has 6 heteroatoms. The minimum atomic E-state index is -0.114. The van der Waals surface area contributed by atoms with Gasteiger partial charge in [-0.1, -0.05) is 65.8 Å². The number of aliphatic hydroxyl groups excluding tert-OH is 1. The van der Waals surface area contributed by atoms with Crippen molar-refractivity contribution in [2.75, 3.05) is 13.4 Å². The summed E-state index contributed by atoms with van der Waals surface area (Å²) in [7, 11) is 0. The molecule has 3 rings (SSSR count). The molecule has 1 atom stereocenters. The molecule has 1 aliphatic rings. The monoisotopic (exact) mass is 342 g/mol. The first-order valence-corrected chi connectivity index (χ1v) is 7.43. The van der Waals surface area contributed by atoms with Crippen LogP contribution < -0.4 is 12.4 Å². The van der Waals surface area contributed by atoms with E-state index in [1.54, 1.807) is 17.4 Å². The normalized spacial score (nSPS) is 20.0. The van der Waals surface area contributed by atoms with Crippen molar-refractivity contribution < 1.29 is 22.1 Å². The summed E-state index contributed by atoms with van der Waals surface area (Å²) in [5.41, 5.74) is 2.03. The van der Waals surface area contributed by atoms with Crippen molar-refractivity contribution >= 4 is 12.4 Å². The highest BCUT2D eigenvalue weighted by atomic mass is 35.5. The summed E-state index contributed by atoms with van der Waals surface area (Å²) in [6.07, 6.45) is 7.23. The Morgan fingerprint density at radius 2 is 1.54 bits per heavy atom. The third-order valence-electron chi connectivity index (χ3n) is 3.54. The van der Waals surface area contributed by atoms with E-state index in [1.807, 2.05) is 73.1 Å². The maximum atomic E-state index is 9.73. The van der Waals surface area contributed by atoms with Gasteiger partial charge in [-0.3, -0.25) is 0 Å². The number of nitrogens with zero attached hydrogens (tertiary/aromatic N) is 4. The average Bonchev–Trinajstić information content (AvgIpc) is 3.04. The third kappa shape index (κ3) is 4.52. The molecule has 0 saturated carbocycles. The Morgan fingerprint density at radius 1 is 0.958 bits per heavy atom. The Morgan fingerprint density at radius 3 is 2.12 bits per heavy atom. The van der Waals surface area contributed by atoms with Gasteiger partial charge >= 0.3 is 0 Å². The lowest BCUT2D eigenvalue weighted by Crippen LogP contribution is -3.00. The van der Waals surface area contributed by atoms with Crippen LogP contribution in [-0.4, -0.2) is 40.5 Å².